The number of hydrogen-bond donors (Lipinski definition) is 1. The molecule has 1 amide bonds. The molecule has 0 radical (unpaired) electrons. The maximum absolute atomic E-state index is 12.8. The Morgan fingerprint density at radius 1 is 1.09 bits per heavy atom. The van der Waals surface area contributed by atoms with Crippen LogP contribution in [0.4, 0.5) is 4.39 Å². The SMILES string of the molecule is O=C(Cc1ccc(F)cc1)NCCc1ccc(-c2ccsc2)s1. The second kappa shape index (κ2) is 7.53. The van der Waals surface area contributed by atoms with E-state index in [9.17, 15) is 9.18 Å². The zero-order chi connectivity index (χ0) is 16.1. The lowest BCUT2D eigenvalue weighted by molar-refractivity contribution is -0.120. The van der Waals surface area contributed by atoms with E-state index in [1.165, 1.54) is 27.5 Å². The van der Waals surface area contributed by atoms with Gasteiger partial charge < -0.3 is 5.32 Å². The molecule has 2 nitrogen and oxygen atoms in total. The van der Waals surface area contributed by atoms with Gasteiger partial charge in [0.25, 0.3) is 0 Å². The number of hydrogen-bond acceptors (Lipinski definition) is 3. The van der Waals surface area contributed by atoms with E-state index < -0.39 is 0 Å². The topological polar surface area (TPSA) is 29.1 Å². The van der Waals surface area contributed by atoms with Gasteiger partial charge in [-0.2, -0.15) is 11.3 Å². The van der Waals surface area contributed by atoms with E-state index in [1.807, 2.05) is 0 Å². The summed E-state index contributed by atoms with van der Waals surface area (Å²) in [7, 11) is 0. The second-order valence-electron chi connectivity index (χ2n) is 5.18. The summed E-state index contributed by atoms with van der Waals surface area (Å²) in [6, 6.07) is 12.4. The van der Waals surface area contributed by atoms with E-state index in [-0.39, 0.29) is 18.1 Å². The van der Waals surface area contributed by atoms with Crippen molar-refractivity contribution >= 4 is 28.6 Å². The van der Waals surface area contributed by atoms with Gasteiger partial charge in [-0.15, -0.1) is 11.3 Å². The number of carbonyl (C=O) groups is 1. The molecule has 0 aliphatic rings. The average Bonchev–Trinajstić information content (AvgIpc) is 3.20. The van der Waals surface area contributed by atoms with Crippen molar-refractivity contribution in [2.45, 2.75) is 12.8 Å². The Morgan fingerprint density at radius 2 is 1.91 bits per heavy atom. The van der Waals surface area contributed by atoms with Crippen molar-refractivity contribution in [2.75, 3.05) is 6.54 Å². The third-order valence-corrected chi connectivity index (χ3v) is 5.32. The quantitative estimate of drug-likeness (QED) is 0.699. The van der Waals surface area contributed by atoms with Crippen molar-refractivity contribution in [3.05, 3.63) is 69.5 Å². The molecule has 0 aliphatic heterocycles. The Bertz CT molecular complexity index is 763. The maximum atomic E-state index is 12.8. The Balaban J connectivity index is 1.46. The van der Waals surface area contributed by atoms with Crippen molar-refractivity contribution in [2.24, 2.45) is 0 Å². The van der Waals surface area contributed by atoms with E-state index >= 15 is 0 Å². The molecule has 0 aliphatic carbocycles. The molecule has 1 aromatic carbocycles. The molecule has 3 rings (SSSR count). The second-order valence-corrected chi connectivity index (χ2v) is 7.13. The van der Waals surface area contributed by atoms with Crippen LogP contribution in [0.25, 0.3) is 10.4 Å². The highest BCUT2D eigenvalue weighted by Crippen LogP contribution is 2.29. The Kier molecular flexibility index (Phi) is 5.20. The van der Waals surface area contributed by atoms with Crippen molar-refractivity contribution in [3.8, 4) is 10.4 Å². The average molecular weight is 345 g/mol. The molecule has 3 aromatic rings. The number of amides is 1. The zero-order valence-electron chi connectivity index (χ0n) is 12.4. The summed E-state index contributed by atoms with van der Waals surface area (Å²) in [4.78, 5) is 14.4. The van der Waals surface area contributed by atoms with E-state index in [0.717, 1.165) is 12.0 Å². The highest BCUT2D eigenvalue weighted by Gasteiger charge is 2.06. The third kappa shape index (κ3) is 4.50. The fraction of sp³-hybridized carbons (Fsp3) is 0.167. The summed E-state index contributed by atoms with van der Waals surface area (Å²) >= 11 is 3.45. The summed E-state index contributed by atoms with van der Waals surface area (Å²) in [6.45, 7) is 0.615. The van der Waals surface area contributed by atoms with Crippen LogP contribution < -0.4 is 5.32 Å². The summed E-state index contributed by atoms with van der Waals surface area (Å²) in [5, 5.41) is 7.13. The third-order valence-electron chi connectivity index (χ3n) is 3.44. The number of nitrogens with one attached hydrogen (secondary N) is 1. The smallest absolute Gasteiger partial charge is 0.224 e. The van der Waals surface area contributed by atoms with Crippen LogP contribution in [0.2, 0.25) is 0 Å². The van der Waals surface area contributed by atoms with Crippen LogP contribution in [0.5, 0.6) is 0 Å². The molecule has 1 N–H and O–H groups in total. The van der Waals surface area contributed by atoms with Gasteiger partial charge in [-0.25, -0.2) is 4.39 Å². The fourth-order valence-corrected chi connectivity index (χ4v) is 3.98. The van der Waals surface area contributed by atoms with Gasteiger partial charge >= 0.3 is 0 Å². The van der Waals surface area contributed by atoms with Crippen LogP contribution in [0, 0.1) is 5.82 Å². The molecule has 0 unspecified atom stereocenters. The Labute approximate surface area is 142 Å². The highest BCUT2D eigenvalue weighted by molar-refractivity contribution is 7.16. The first kappa shape index (κ1) is 15.9. The number of benzene rings is 1. The zero-order valence-corrected chi connectivity index (χ0v) is 14.1. The molecule has 0 spiro atoms. The van der Waals surface area contributed by atoms with Gasteiger partial charge in [0.1, 0.15) is 5.82 Å². The van der Waals surface area contributed by atoms with E-state index in [4.69, 9.17) is 0 Å². The Morgan fingerprint density at radius 3 is 2.65 bits per heavy atom. The van der Waals surface area contributed by atoms with Gasteiger partial charge in [0.05, 0.1) is 6.42 Å². The van der Waals surface area contributed by atoms with Gasteiger partial charge in [0.15, 0.2) is 0 Å². The van der Waals surface area contributed by atoms with E-state index in [2.05, 4.69) is 34.3 Å². The summed E-state index contributed by atoms with van der Waals surface area (Å²) in [5.74, 6) is -0.320. The molecular weight excluding hydrogens is 329 g/mol. The molecule has 118 valence electrons. The Hall–Kier alpha value is -1.98. The van der Waals surface area contributed by atoms with Crippen LogP contribution in [-0.4, -0.2) is 12.5 Å². The molecule has 5 heteroatoms. The lowest BCUT2D eigenvalue weighted by Gasteiger charge is -2.04. The molecule has 2 aromatic heterocycles. The largest absolute Gasteiger partial charge is 0.355 e. The summed E-state index contributed by atoms with van der Waals surface area (Å²) < 4.78 is 12.8. The molecule has 0 bridgehead atoms. The number of rotatable bonds is 6. The molecule has 0 atom stereocenters. The molecule has 0 saturated carbocycles. The standard InChI is InChI=1S/C18H16FNOS2/c19-15-3-1-13(2-4-15)11-18(21)20-9-7-16-5-6-17(23-16)14-8-10-22-12-14/h1-6,8,10,12H,7,9,11H2,(H,20,21). The summed E-state index contributed by atoms with van der Waals surface area (Å²) in [6.07, 6.45) is 1.11. The molecule has 2 heterocycles. The monoisotopic (exact) mass is 345 g/mol. The normalized spacial score (nSPS) is 10.7. The molecule has 0 saturated heterocycles. The lowest BCUT2D eigenvalue weighted by atomic mass is 10.1. The minimum atomic E-state index is -0.284. The minimum absolute atomic E-state index is 0.0359. The summed E-state index contributed by atoms with van der Waals surface area (Å²) in [5.41, 5.74) is 2.08. The van der Waals surface area contributed by atoms with Crippen LogP contribution in [0.3, 0.4) is 0 Å². The van der Waals surface area contributed by atoms with Gasteiger partial charge in [-0.1, -0.05) is 12.1 Å². The predicted molar refractivity (Wildman–Crippen MR) is 94.4 cm³/mol. The minimum Gasteiger partial charge on any atom is -0.355 e. The van der Waals surface area contributed by atoms with Crippen LogP contribution in [0.15, 0.2) is 53.2 Å². The van der Waals surface area contributed by atoms with Crippen molar-refractivity contribution in [1.82, 2.24) is 5.32 Å². The molecule has 0 fully saturated rings. The van der Waals surface area contributed by atoms with E-state index in [1.54, 1.807) is 34.8 Å². The first-order valence-electron chi connectivity index (χ1n) is 7.33. The van der Waals surface area contributed by atoms with Crippen LogP contribution in [0.1, 0.15) is 10.4 Å². The molecule has 23 heavy (non-hydrogen) atoms. The van der Waals surface area contributed by atoms with Gasteiger partial charge in [-0.05, 0) is 53.1 Å². The van der Waals surface area contributed by atoms with Gasteiger partial charge in [0, 0.05) is 21.9 Å². The van der Waals surface area contributed by atoms with Crippen molar-refractivity contribution in [1.29, 1.82) is 0 Å². The van der Waals surface area contributed by atoms with Crippen LogP contribution in [-0.2, 0) is 17.6 Å². The number of halogens is 1. The predicted octanol–water partition coefficient (Wildman–Crippen LogP) is 4.52. The highest BCUT2D eigenvalue weighted by atomic mass is 32.1. The molecular formula is C18H16FNOS2. The van der Waals surface area contributed by atoms with Crippen molar-refractivity contribution < 1.29 is 9.18 Å². The first-order chi connectivity index (χ1) is 11.2. The van der Waals surface area contributed by atoms with Crippen molar-refractivity contribution in [3.63, 3.8) is 0 Å². The fourth-order valence-electron chi connectivity index (χ4n) is 2.25. The van der Waals surface area contributed by atoms with Crippen LogP contribution >= 0.6 is 22.7 Å². The first-order valence-corrected chi connectivity index (χ1v) is 9.09. The number of carbonyl (C=O) groups excluding carboxylic acids is 1. The number of thiophene rings is 2. The van der Waals surface area contributed by atoms with E-state index in [0.29, 0.717) is 6.54 Å². The van der Waals surface area contributed by atoms with Gasteiger partial charge in [0.2, 0.25) is 5.91 Å². The maximum Gasteiger partial charge on any atom is 0.224 e. The lowest BCUT2D eigenvalue weighted by Crippen LogP contribution is -2.27. The van der Waals surface area contributed by atoms with Gasteiger partial charge in [-0.3, -0.25) is 4.79 Å².